The van der Waals surface area contributed by atoms with Crippen LogP contribution in [0.4, 0.5) is 4.79 Å². The first-order valence-electron chi connectivity index (χ1n) is 4.09. The summed E-state index contributed by atoms with van der Waals surface area (Å²) in [6.45, 7) is 1.04. The predicted molar refractivity (Wildman–Crippen MR) is 49.0 cm³/mol. The van der Waals surface area contributed by atoms with Gasteiger partial charge in [-0.2, -0.15) is 0 Å². The zero-order valence-electron chi connectivity index (χ0n) is 7.93. The second kappa shape index (κ2) is 4.90. The monoisotopic (exact) mass is 208 g/mol. The molecular formula is C10H8O5. The van der Waals surface area contributed by atoms with Crippen LogP contribution in [0.3, 0.4) is 0 Å². The topological polar surface area (TPSA) is 69.7 Å². The van der Waals surface area contributed by atoms with E-state index >= 15 is 0 Å². The maximum Gasteiger partial charge on any atom is 0.524 e. The molecule has 0 amide bonds. The van der Waals surface area contributed by atoms with Crippen LogP contribution in [0.1, 0.15) is 17.3 Å². The molecule has 5 heteroatoms. The Kier molecular flexibility index (Phi) is 3.56. The van der Waals surface area contributed by atoms with Crippen LogP contribution in [0.2, 0.25) is 0 Å². The SMILES string of the molecule is CC(=O)OC(=O)OC(=O)c1ccccc1. The molecule has 0 aliphatic carbocycles. The minimum Gasteiger partial charge on any atom is -0.360 e. The van der Waals surface area contributed by atoms with Crippen LogP contribution in [-0.4, -0.2) is 18.1 Å². The molecular weight excluding hydrogens is 200 g/mol. The molecule has 0 atom stereocenters. The first kappa shape index (κ1) is 10.9. The molecule has 0 radical (unpaired) electrons. The van der Waals surface area contributed by atoms with Crippen molar-refractivity contribution in [3.63, 3.8) is 0 Å². The first-order valence-corrected chi connectivity index (χ1v) is 4.09. The molecule has 0 N–H and O–H groups in total. The zero-order valence-corrected chi connectivity index (χ0v) is 7.93. The fourth-order valence-corrected chi connectivity index (χ4v) is 0.847. The number of ether oxygens (including phenoxy) is 2. The maximum absolute atomic E-state index is 11.2. The van der Waals surface area contributed by atoms with E-state index < -0.39 is 18.1 Å². The lowest BCUT2D eigenvalue weighted by molar-refractivity contribution is -0.136. The van der Waals surface area contributed by atoms with E-state index in [1.807, 2.05) is 0 Å². The van der Waals surface area contributed by atoms with Crippen molar-refractivity contribution in [2.75, 3.05) is 0 Å². The Morgan fingerprint density at radius 3 is 2.13 bits per heavy atom. The van der Waals surface area contributed by atoms with E-state index in [-0.39, 0.29) is 5.56 Å². The zero-order chi connectivity index (χ0) is 11.3. The number of rotatable bonds is 1. The second-order valence-corrected chi connectivity index (χ2v) is 2.60. The summed E-state index contributed by atoms with van der Waals surface area (Å²) in [7, 11) is 0. The van der Waals surface area contributed by atoms with Crippen molar-refractivity contribution in [1.82, 2.24) is 0 Å². The Labute approximate surface area is 85.6 Å². The minimum absolute atomic E-state index is 0.206. The summed E-state index contributed by atoms with van der Waals surface area (Å²) in [5.41, 5.74) is 0.206. The molecule has 0 heterocycles. The molecule has 1 aromatic rings. The van der Waals surface area contributed by atoms with Gasteiger partial charge in [-0.25, -0.2) is 9.59 Å². The van der Waals surface area contributed by atoms with Gasteiger partial charge in [-0.05, 0) is 12.1 Å². The van der Waals surface area contributed by atoms with E-state index in [9.17, 15) is 14.4 Å². The van der Waals surface area contributed by atoms with E-state index in [1.54, 1.807) is 18.2 Å². The molecule has 0 bridgehead atoms. The average Bonchev–Trinajstić information content (AvgIpc) is 2.17. The number of hydrogen-bond acceptors (Lipinski definition) is 5. The molecule has 0 saturated carbocycles. The predicted octanol–water partition coefficient (Wildman–Crippen LogP) is 1.53. The molecule has 1 rings (SSSR count). The van der Waals surface area contributed by atoms with E-state index in [4.69, 9.17) is 0 Å². The van der Waals surface area contributed by atoms with Gasteiger partial charge in [0.05, 0.1) is 5.56 Å². The fourth-order valence-electron chi connectivity index (χ4n) is 0.847. The molecule has 0 fully saturated rings. The van der Waals surface area contributed by atoms with Gasteiger partial charge in [0, 0.05) is 6.92 Å². The Morgan fingerprint density at radius 1 is 1.00 bits per heavy atom. The number of hydrogen-bond donors (Lipinski definition) is 0. The number of carbonyl (C=O) groups is 3. The van der Waals surface area contributed by atoms with Gasteiger partial charge in [0.1, 0.15) is 0 Å². The Morgan fingerprint density at radius 2 is 1.60 bits per heavy atom. The fraction of sp³-hybridized carbons (Fsp3) is 0.100. The molecule has 15 heavy (non-hydrogen) atoms. The third-order valence-corrected chi connectivity index (χ3v) is 1.41. The molecule has 78 valence electrons. The summed E-state index contributed by atoms with van der Waals surface area (Å²) in [5, 5.41) is 0. The lowest BCUT2D eigenvalue weighted by Gasteiger charge is -2.00. The molecule has 1 aromatic carbocycles. The van der Waals surface area contributed by atoms with Crippen LogP contribution in [0, 0.1) is 0 Å². The minimum atomic E-state index is -1.32. The van der Waals surface area contributed by atoms with Gasteiger partial charge in [-0.15, -0.1) is 0 Å². The summed E-state index contributed by atoms with van der Waals surface area (Å²) in [6.07, 6.45) is -1.32. The van der Waals surface area contributed by atoms with Crippen molar-refractivity contribution in [3.8, 4) is 0 Å². The number of esters is 2. The second-order valence-electron chi connectivity index (χ2n) is 2.60. The summed E-state index contributed by atoms with van der Waals surface area (Å²) < 4.78 is 8.25. The lowest BCUT2D eigenvalue weighted by atomic mass is 10.2. The molecule has 5 nitrogen and oxygen atoms in total. The van der Waals surface area contributed by atoms with Crippen LogP contribution >= 0.6 is 0 Å². The summed E-state index contributed by atoms with van der Waals surface area (Å²) in [6, 6.07) is 7.90. The average molecular weight is 208 g/mol. The third kappa shape index (κ3) is 3.60. The van der Waals surface area contributed by atoms with Gasteiger partial charge in [0.15, 0.2) is 0 Å². The third-order valence-electron chi connectivity index (χ3n) is 1.41. The molecule has 0 aliphatic heterocycles. The highest BCUT2D eigenvalue weighted by Gasteiger charge is 2.14. The molecule has 0 saturated heterocycles. The lowest BCUT2D eigenvalue weighted by Crippen LogP contribution is -2.16. The van der Waals surface area contributed by atoms with E-state index in [0.717, 1.165) is 6.92 Å². The summed E-state index contributed by atoms with van der Waals surface area (Å²) in [5.74, 6) is -1.69. The Balaban J connectivity index is 2.57. The van der Waals surface area contributed by atoms with Crippen LogP contribution in [0.15, 0.2) is 30.3 Å². The van der Waals surface area contributed by atoms with Gasteiger partial charge in [0.25, 0.3) is 0 Å². The Hall–Kier alpha value is -2.17. The van der Waals surface area contributed by atoms with E-state index in [0.29, 0.717) is 0 Å². The number of benzene rings is 1. The summed E-state index contributed by atoms with van der Waals surface area (Å²) >= 11 is 0. The van der Waals surface area contributed by atoms with E-state index in [2.05, 4.69) is 9.47 Å². The first-order chi connectivity index (χ1) is 7.09. The van der Waals surface area contributed by atoms with Crippen molar-refractivity contribution < 1.29 is 23.9 Å². The highest BCUT2D eigenvalue weighted by atomic mass is 16.8. The van der Waals surface area contributed by atoms with Crippen molar-refractivity contribution in [3.05, 3.63) is 35.9 Å². The molecule has 0 unspecified atom stereocenters. The Bertz CT molecular complexity index is 382. The highest BCUT2D eigenvalue weighted by Crippen LogP contribution is 2.01. The van der Waals surface area contributed by atoms with Crippen molar-refractivity contribution >= 4 is 18.1 Å². The quantitative estimate of drug-likeness (QED) is 0.517. The van der Waals surface area contributed by atoms with Gasteiger partial charge in [0.2, 0.25) is 0 Å². The molecule has 0 aliphatic rings. The van der Waals surface area contributed by atoms with Crippen LogP contribution in [-0.2, 0) is 14.3 Å². The van der Waals surface area contributed by atoms with Crippen molar-refractivity contribution in [2.45, 2.75) is 6.92 Å². The normalized spacial score (nSPS) is 9.13. The van der Waals surface area contributed by atoms with Gasteiger partial charge in [-0.1, -0.05) is 18.2 Å². The molecule has 0 spiro atoms. The van der Waals surface area contributed by atoms with Gasteiger partial charge >= 0.3 is 18.1 Å². The van der Waals surface area contributed by atoms with Crippen molar-refractivity contribution in [2.24, 2.45) is 0 Å². The molecule has 0 aromatic heterocycles. The largest absolute Gasteiger partial charge is 0.524 e. The van der Waals surface area contributed by atoms with Crippen molar-refractivity contribution in [1.29, 1.82) is 0 Å². The van der Waals surface area contributed by atoms with Crippen LogP contribution < -0.4 is 0 Å². The summed E-state index contributed by atoms with van der Waals surface area (Å²) in [4.78, 5) is 32.3. The van der Waals surface area contributed by atoms with Crippen LogP contribution in [0.25, 0.3) is 0 Å². The smallest absolute Gasteiger partial charge is 0.360 e. The van der Waals surface area contributed by atoms with Gasteiger partial charge in [-0.3, -0.25) is 4.79 Å². The highest BCUT2D eigenvalue weighted by molar-refractivity contribution is 5.96. The van der Waals surface area contributed by atoms with Crippen LogP contribution in [0.5, 0.6) is 0 Å². The van der Waals surface area contributed by atoms with Gasteiger partial charge < -0.3 is 9.47 Å². The number of carbonyl (C=O) groups excluding carboxylic acids is 3. The van der Waals surface area contributed by atoms with E-state index in [1.165, 1.54) is 12.1 Å². The standard InChI is InChI=1S/C10H8O5/c1-7(11)14-10(13)15-9(12)8-5-3-2-4-6-8/h2-6H,1H3. The maximum atomic E-state index is 11.2.